The highest BCUT2D eigenvalue weighted by Gasteiger charge is 2.09. The van der Waals surface area contributed by atoms with E-state index in [1.807, 2.05) is 30.8 Å². The zero-order valence-corrected chi connectivity index (χ0v) is 12.5. The second kappa shape index (κ2) is 6.02. The smallest absolute Gasteiger partial charge is 0.153 e. The molecule has 0 radical (unpaired) electrons. The number of hydrogen-bond donors (Lipinski definition) is 0. The Balaban J connectivity index is 2.17. The number of benzene rings is 1. The number of ether oxygens (including phenoxy) is 1. The van der Waals surface area contributed by atoms with Crippen LogP contribution in [0.3, 0.4) is 0 Å². The number of aryl methyl sites for hydroxylation is 2. The molecule has 0 spiro atoms. The fourth-order valence-corrected chi connectivity index (χ4v) is 2.44. The fraction of sp³-hybridized carbons (Fsp3) is 0.286. The van der Waals surface area contributed by atoms with Gasteiger partial charge in [-0.1, -0.05) is 15.9 Å². The van der Waals surface area contributed by atoms with Crippen molar-refractivity contribution in [2.24, 2.45) is 0 Å². The van der Waals surface area contributed by atoms with Crippen LogP contribution < -0.4 is 4.74 Å². The van der Waals surface area contributed by atoms with Crippen molar-refractivity contribution in [2.45, 2.75) is 27.0 Å². The van der Waals surface area contributed by atoms with Gasteiger partial charge in [-0.2, -0.15) is 5.10 Å². The van der Waals surface area contributed by atoms with E-state index in [-0.39, 0.29) is 0 Å². The van der Waals surface area contributed by atoms with Gasteiger partial charge in [0.25, 0.3) is 0 Å². The zero-order chi connectivity index (χ0) is 13.8. The van der Waals surface area contributed by atoms with Gasteiger partial charge in [0.1, 0.15) is 12.4 Å². The van der Waals surface area contributed by atoms with Crippen LogP contribution in [-0.4, -0.2) is 16.1 Å². The molecular formula is C14H15BrN2O2. The zero-order valence-electron chi connectivity index (χ0n) is 10.9. The fourth-order valence-electron chi connectivity index (χ4n) is 1.85. The molecule has 19 heavy (non-hydrogen) atoms. The number of rotatable bonds is 5. The lowest BCUT2D eigenvalue weighted by Gasteiger charge is -2.11. The molecule has 5 heteroatoms. The van der Waals surface area contributed by atoms with Crippen molar-refractivity contribution in [2.75, 3.05) is 0 Å². The van der Waals surface area contributed by atoms with E-state index in [4.69, 9.17) is 4.74 Å². The molecule has 0 saturated heterocycles. The van der Waals surface area contributed by atoms with Gasteiger partial charge < -0.3 is 4.74 Å². The van der Waals surface area contributed by atoms with Crippen molar-refractivity contribution in [3.05, 3.63) is 45.7 Å². The molecule has 0 unspecified atom stereocenters. The Morgan fingerprint density at radius 1 is 1.47 bits per heavy atom. The van der Waals surface area contributed by atoms with E-state index in [0.717, 1.165) is 28.4 Å². The Morgan fingerprint density at radius 2 is 2.26 bits per heavy atom. The first-order valence-electron chi connectivity index (χ1n) is 6.03. The molecule has 2 aromatic rings. The minimum absolute atomic E-state index is 0.406. The van der Waals surface area contributed by atoms with Gasteiger partial charge in [-0.3, -0.25) is 9.48 Å². The summed E-state index contributed by atoms with van der Waals surface area (Å²) in [5.74, 6) is 0.627. The molecule has 4 nitrogen and oxygen atoms in total. The minimum Gasteiger partial charge on any atom is -0.488 e. The highest BCUT2D eigenvalue weighted by atomic mass is 79.9. The third-order valence-electron chi connectivity index (χ3n) is 2.79. The summed E-state index contributed by atoms with van der Waals surface area (Å²) in [5.41, 5.74) is 2.47. The van der Waals surface area contributed by atoms with E-state index >= 15 is 0 Å². The van der Waals surface area contributed by atoms with Crippen molar-refractivity contribution in [3.8, 4) is 5.75 Å². The maximum atomic E-state index is 11.1. The normalized spacial score (nSPS) is 10.5. The number of carbonyl (C=O) groups is 1. The summed E-state index contributed by atoms with van der Waals surface area (Å²) in [5, 5.41) is 4.19. The Labute approximate surface area is 120 Å². The van der Waals surface area contributed by atoms with Crippen molar-refractivity contribution in [1.82, 2.24) is 9.78 Å². The molecule has 0 amide bonds. The maximum absolute atomic E-state index is 11.1. The first kappa shape index (κ1) is 13.8. The van der Waals surface area contributed by atoms with Crippen molar-refractivity contribution >= 4 is 22.2 Å². The number of hydrogen-bond acceptors (Lipinski definition) is 3. The Bertz CT molecular complexity index is 593. The molecule has 0 fully saturated rings. The molecule has 0 atom stereocenters. The van der Waals surface area contributed by atoms with Gasteiger partial charge >= 0.3 is 0 Å². The summed E-state index contributed by atoms with van der Waals surface area (Å²) in [6.07, 6.45) is 4.52. The van der Waals surface area contributed by atoms with E-state index in [1.165, 1.54) is 0 Å². The minimum atomic E-state index is 0.406. The molecule has 0 aliphatic carbocycles. The predicted octanol–water partition coefficient (Wildman–Crippen LogP) is 3.37. The summed E-state index contributed by atoms with van der Waals surface area (Å²) in [4.78, 5) is 11.1. The lowest BCUT2D eigenvalue weighted by molar-refractivity contribution is 0.111. The van der Waals surface area contributed by atoms with Gasteiger partial charge in [0.15, 0.2) is 6.29 Å². The average molecular weight is 323 g/mol. The van der Waals surface area contributed by atoms with Gasteiger partial charge in [-0.25, -0.2) is 0 Å². The molecule has 0 saturated carbocycles. The standard InChI is InChI=1S/C14H15BrN2O2/c1-3-17-7-11(6-16-17)9-19-14-10(2)4-13(15)5-12(14)8-18/h4-8H,3,9H2,1-2H3. The van der Waals surface area contributed by atoms with Crippen LogP contribution in [0, 0.1) is 6.92 Å². The van der Waals surface area contributed by atoms with Crippen LogP contribution >= 0.6 is 15.9 Å². The average Bonchev–Trinajstić information content (AvgIpc) is 2.84. The summed E-state index contributed by atoms with van der Waals surface area (Å²) in [7, 11) is 0. The monoisotopic (exact) mass is 322 g/mol. The highest BCUT2D eigenvalue weighted by Crippen LogP contribution is 2.27. The molecular weight excluding hydrogens is 308 g/mol. The topological polar surface area (TPSA) is 44.1 Å². The van der Waals surface area contributed by atoms with Crippen LogP contribution in [0.25, 0.3) is 0 Å². The third kappa shape index (κ3) is 3.23. The second-order valence-electron chi connectivity index (χ2n) is 4.25. The van der Waals surface area contributed by atoms with Crippen LogP contribution in [0.15, 0.2) is 29.0 Å². The Hall–Kier alpha value is -1.62. The first-order valence-corrected chi connectivity index (χ1v) is 6.82. The lowest BCUT2D eigenvalue weighted by atomic mass is 10.1. The van der Waals surface area contributed by atoms with Crippen LogP contribution in [0.1, 0.15) is 28.4 Å². The van der Waals surface area contributed by atoms with Crippen LogP contribution in [0.4, 0.5) is 0 Å². The summed E-state index contributed by atoms with van der Waals surface area (Å²) in [6, 6.07) is 3.68. The van der Waals surface area contributed by atoms with Crippen LogP contribution in [0.2, 0.25) is 0 Å². The van der Waals surface area contributed by atoms with Gasteiger partial charge in [0.05, 0.1) is 11.8 Å². The summed E-state index contributed by atoms with van der Waals surface area (Å²) < 4.78 is 8.47. The molecule has 1 heterocycles. The van der Waals surface area contributed by atoms with Gasteiger partial charge in [-0.05, 0) is 31.5 Å². The molecule has 0 aliphatic rings. The first-order chi connectivity index (χ1) is 9.13. The van der Waals surface area contributed by atoms with Gasteiger partial charge in [-0.15, -0.1) is 0 Å². The van der Waals surface area contributed by atoms with E-state index in [9.17, 15) is 4.79 Å². The molecule has 1 aromatic heterocycles. The quantitative estimate of drug-likeness (QED) is 0.793. The van der Waals surface area contributed by atoms with E-state index in [2.05, 4.69) is 21.0 Å². The lowest BCUT2D eigenvalue weighted by Crippen LogP contribution is -2.00. The molecule has 2 rings (SSSR count). The number of aldehydes is 1. The number of carbonyl (C=O) groups excluding carboxylic acids is 1. The van der Waals surface area contributed by atoms with Crippen LogP contribution in [0.5, 0.6) is 5.75 Å². The molecule has 1 aromatic carbocycles. The number of nitrogens with zero attached hydrogens (tertiary/aromatic N) is 2. The summed E-state index contributed by atoms with van der Waals surface area (Å²) >= 11 is 3.37. The van der Waals surface area contributed by atoms with Gasteiger partial charge in [0, 0.05) is 22.8 Å². The number of aromatic nitrogens is 2. The van der Waals surface area contributed by atoms with E-state index < -0.39 is 0 Å². The largest absolute Gasteiger partial charge is 0.488 e. The number of halogens is 1. The highest BCUT2D eigenvalue weighted by molar-refractivity contribution is 9.10. The Morgan fingerprint density at radius 3 is 2.89 bits per heavy atom. The third-order valence-corrected chi connectivity index (χ3v) is 3.25. The molecule has 0 bridgehead atoms. The van der Waals surface area contributed by atoms with Crippen molar-refractivity contribution in [3.63, 3.8) is 0 Å². The van der Waals surface area contributed by atoms with E-state index in [1.54, 1.807) is 12.3 Å². The van der Waals surface area contributed by atoms with E-state index in [0.29, 0.717) is 17.9 Å². The Kier molecular flexibility index (Phi) is 4.37. The molecule has 0 aliphatic heterocycles. The summed E-state index contributed by atoms with van der Waals surface area (Å²) in [6.45, 7) is 5.18. The van der Waals surface area contributed by atoms with Crippen molar-refractivity contribution in [1.29, 1.82) is 0 Å². The van der Waals surface area contributed by atoms with Crippen molar-refractivity contribution < 1.29 is 9.53 Å². The molecule has 100 valence electrons. The molecule has 0 N–H and O–H groups in total. The van der Waals surface area contributed by atoms with Gasteiger partial charge in [0.2, 0.25) is 0 Å². The van der Waals surface area contributed by atoms with Crippen LogP contribution in [-0.2, 0) is 13.2 Å². The predicted molar refractivity (Wildman–Crippen MR) is 76.5 cm³/mol. The second-order valence-corrected chi connectivity index (χ2v) is 5.17. The SMILES string of the molecule is CCn1cc(COc2c(C)cc(Br)cc2C=O)cn1. The maximum Gasteiger partial charge on any atom is 0.153 e.